The molecule has 4 nitrogen and oxygen atoms in total. The first-order chi connectivity index (χ1) is 10.6. The Morgan fingerprint density at radius 2 is 2.18 bits per heavy atom. The van der Waals surface area contributed by atoms with Gasteiger partial charge in [-0.1, -0.05) is 18.2 Å². The molecule has 1 aromatic carbocycles. The van der Waals surface area contributed by atoms with Crippen molar-refractivity contribution in [2.45, 2.75) is 20.3 Å². The number of para-hydroxylation sites is 1. The van der Waals surface area contributed by atoms with Crippen LogP contribution >= 0.6 is 11.3 Å². The Kier molecular flexibility index (Phi) is 3.86. The van der Waals surface area contributed by atoms with E-state index in [1.165, 1.54) is 16.9 Å². The lowest BCUT2D eigenvalue weighted by molar-refractivity contribution is -0.114. The van der Waals surface area contributed by atoms with E-state index in [0.29, 0.717) is 17.1 Å². The number of thiophene rings is 1. The van der Waals surface area contributed by atoms with Gasteiger partial charge in [-0.25, -0.2) is 0 Å². The van der Waals surface area contributed by atoms with Crippen LogP contribution in [0.1, 0.15) is 21.6 Å². The molecule has 1 aliphatic heterocycles. The summed E-state index contributed by atoms with van der Waals surface area (Å²) in [7, 11) is 0. The number of hydrogen-bond acceptors (Lipinski definition) is 4. The lowest BCUT2D eigenvalue weighted by Crippen LogP contribution is -2.31. The Morgan fingerprint density at radius 1 is 1.41 bits per heavy atom. The minimum atomic E-state index is -0.0746. The van der Waals surface area contributed by atoms with E-state index in [4.69, 9.17) is 0 Å². The second kappa shape index (κ2) is 5.82. The Balaban J connectivity index is 1.72. The van der Waals surface area contributed by atoms with Crippen LogP contribution in [-0.2, 0) is 11.2 Å². The van der Waals surface area contributed by atoms with Gasteiger partial charge in [-0.15, -0.1) is 11.3 Å². The van der Waals surface area contributed by atoms with E-state index in [1.807, 2.05) is 26.0 Å². The SMILES string of the molecule is Cc1sc(NC(=O)CN2CCc3ccccc32)c(C#N)c1C. The van der Waals surface area contributed by atoms with Gasteiger partial charge in [0.25, 0.3) is 0 Å². The summed E-state index contributed by atoms with van der Waals surface area (Å²) in [6.45, 7) is 5.06. The van der Waals surface area contributed by atoms with E-state index < -0.39 is 0 Å². The molecule has 0 saturated heterocycles. The van der Waals surface area contributed by atoms with E-state index in [-0.39, 0.29) is 5.91 Å². The molecular weight excluding hydrogens is 294 g/mol. The van der Waals surface area contributed by atoms with Crippen molar-refractivity contribution in [3.63, 3.8) is 0 Å². The third-order valence-electron chi connectivity index (χ3n) is 4.07. The summed E-state index contributed by atoms with van der Waals surface area (Å²) >= 11 is 1.46. The predicted octanol–water partition coefficient (Wildman–Crippen LogP) is 3.24. The van der Waals surface area contributed by atoms with Gasteiger partial charge in [0.15, 0.2) is 0 Å². The number of rotatable bonds is 3. The summed E-state index contributed by atoms with van der Waals surface area (Å²) in [5, 5.41) is 12.8. The molecule has 0 unspecified atom stereocenters. The molecule has 0 bridgehead atoms. The van der Waals surface area contributed by atoms with Crippen LogP contribution in [0.5, 0.6) is 0 Å². The van der Waals surface area contributed by atoms with Crippen LogP contribution in [0.4, 0.5) is 10.7 Å². The molecule has 2 heterocycles. The summed E-state index contributed by atoms with van der Waals surface area (Å²) in [5.74, 6) is -0.0746. The summed E-state index contributed by atoms with van der Waals surface area (Å²) < 4.78 is 0. The van der Waals surface area contributed by atoms with Gasteiger partial charge in [0.1, 0.15) is 11.1 Å². The molecule has 1 aliphatic rings. The van der Waals surface area contributed by atoms with Crippen LogP contribution in [0.25, 0.3) is 0 Å². The molecule has 3 rings (SSSR count). The maximum Gasteiger partial charge on any atom is 0.244 e. The Hall–Kier alpha value is -2.32. The van der Waals surface area contributed by atoms with Crippen molar-refractivity contribution in [3.05, 3.63) is 45.8 Å². The molecule has 0 fully saturated rings. The van der Waals surface area contributed by atoms with Gasteiger partial charge in [0, 0.05) is 17.1 Å². The number of amides is 1. The van der Waals surface area contributed by atoms with Crippen molar-refractivity contribution in [1.82, 2.24) is 0 Å². The zero-order valence-electron chi connectivity index (χ0n) is 12.6. The molecule has 1 N–H and O–H groups in total. The van der Waals surface area contributed by atoms with Crippen molar-refractivity contribution in [2.24, 2.45) is 0 Å². The molecule has 0 radical (unpaired) electrons. The lowest BCUT2D eigenvalue weighted by atomic mass is 10.2. The molecule has 0 aliphatic carbocycles. The zero-order chi connectivity index (χ0) is 15.7. The smallest absolute Gasteiger partial charge is 0.244 e. The highest BCUT2D eigenvalue weighted by Gasteiger charge is 2.21. The normalized spacial score (nSPS) is 12.9. The first-order valence-electron chi connectivity index (χ1n) is 7.23. The Morgan fingerprint density at radius 3 is 2.95 bits per heavy atom. The standard InChI is InChI=1S/C17H17N3OS/c1-11-12(2)22-17(14(11)9-18)19-16(21)10-20-8-7-13-5-3-4-6-15(13)20/h3-6H,7-8,10H2,1-2H3,(H,19,21). The second-order valence-electron chi connectivity index (χ2n) is 5.45. The van der Waals surface area contributed by atoms with Crippen molar-refractivity contribution < 1.29 is 4.79 Å². The maximum atomic E-state index is 12.3. The Bertz CT molecular complexity index is 773. The van der Waals surface area contributed by atoms with Gasteiger partial charge in [0.2, 0.25) is 5.91 Å². The number of anilines is 2. The fourth-order valence-electron chi connectivity index (χ4n) is 2.76. The number of nitriles is 1. The topological polar surface area (TPSA) is 56.1 Å². The van der Waals surface area contributed by atoms with Gasteiger partial charge in [-0.05, 0) is 37.5 Å². The third kappa shape index (κ3) is 2.58. The van der Waals surface area contributed by atoms with Crippen LogP contribution in [0.3, 0.4) is 0 Å². The molecule has 0 spiro atoms. The number of hydrogen-bond donors (Lipinski definition) is 1. The average molecular weight is 311 g/mol. The highest BCUT2D eigenvalue weighted by Crippen LogP contribution is 2.32. The summed E-state index contributed by atoms with van der Waals surface area (Å²) in [6, 6.07) is 10.4. The molecule has 5 heteroatoms. The maximum absolute atomic E-state index is 12.3. The van der Waals surface area contributed by atoms with Crippen molar-refractivity contribution in [2.75, 3.05) is 23.3 Å². The molecule has 22 heavy (non-hydrogen) atoms. The van der Waals surface area contributed by atoms with Gasteiger partial charge < -0.3 is 10.2 Å². The van der Waals surface area contributed by atoms with Crippen LogP contribution in [-0.4, -0.2) is 19.0 Å². The predicted molar refractivity (Wildman–Crippen MR) is 89.5 cm³/mol. The van der Waals surface area contributed by atoms with Crippen LogP contribution in [0.15, 0.2) is 24.3 Å². The zero-order valence-corrected chi connectivity index (χ0v) is 13.5. The van der Waals surface area contributed by atoms with Crippen LogP contribution in [0.2, 0.25) is 0 Å². The van der Waals surface area contributed by atoms with E-state index in [1.54, 1.807) is 0 Å². The van der Waals surface area contributed by atoms with Crippen molar-refractivity contribution in [1.29, 1.82) is 5.26 Å². The largest absolute Gasteiger partial charge is 0.362 e. The van der Waals surface area contributed by atoms with E-state index in [2.05, 4.69) is 28.4 Å². The molecular formula is C17H17N3OS. The molecule has 0 saturated carbocycles. The number of nitrogens with zero attached hydrogens (tertiary/aromatic N) is 2. The Labute approximate surface area is 134 Å². The van der Waals surface area contributed by atoms with E-state index >= 15 is 0 Å². The number of aryl methyl sites for hydroxylation is 1. The first-order valence-corrected chi connectivity index (χ1v) is 8.04. The molecule has 2 aromatic rings. The summed E-state index contributed by atoms with van der Waals surface area (Å²) in [4.78, 5) is 15.5. The fraction of sp³-hybridized carbons (Fsp3) is 0.294. The lowest BCUT2D eigenvalue weighted by Gasteiger charge is -2.18. The number of benzene rings is 1. The van der Waals surface area contributed by atoms with Crippen LogP contribution in [0, 0.1) is 25.2 Å². The summed E-state index contributed by atoms with van der Waals surface area (Å²) in [5.41, 5.74) is 3.96. The van der Waals surface area contributed by atoms with Gasteiger partial charge in [0.05, 0.1) is 12.1 Å². The van der Waals surface area contributed by atoms with Crippen LogP contribution < -0.4 is 10.2 Å². The molecule has 1 aromatic heterocycles. The molecule has 112 valence electrons. The highest BCUT2D eigenvalue weighted by molar-refractivity contribution is 7.16. The number of fused-ring (bicyclic) bond motifs is 1. The number of nitrogens with one attached hydrogen (secondary N) is 1. The monoisotopic (exact) mass is 311 g/mol. The van der Waals surface area contributed by atoms with E-state index in [0.717, 1.165) is 29.1 Å². The quantitative estimate of drug-likeness (QED) is 0.946. The highest BCUT2D eigenvalue weighted by atomic mass is 32.1. The van der Waals surface area contributed by atoms with Crippen molar-refractivity contribution in [3.8, 4) is 6.07 Å². The number of carbonyl (C=O) groups excluding carboxylic acids is 1. The molecule has 1 amide bonds. The van der Waals surface area contributed by atoms with Gasteiger partial charge in [-0.3, -0.25) is 4.79 Å². The van der Waals surface area contributed by atoms with E-state index in [9.17, 15) is 10.1 Å². The number of carbonyl (C=O) groups is 1. The first kappa shape index (κ1) is 14.6. The minimum Gasteiger partial charge on any atom is -0.362 e. The minimum absolute atomic E-state index is 0.0746. The fourth-order valence-corrected chi connectivity index (χ4v) is 3.79. The van der Waals surface area contributed by atoms with Gasteiger partial charge in [-0.2, -0.15) is 5.26 Å². The second-order valence-corrected chi connectivity index (χ2v) is 6.67. The molecule has 0 atom stereocenters. The van der Waals surface area contributed by atoms with Gasteiger partial charge >= 0.3 is 0 Å². The van der Waals surface area contributed by atoms with Crippen molar-refractivity contribution >= 4 is 27.9 Å². The summed E-state index contributed by atoms with van der Waals surface area (Å²) in [6.07, 6.45) is 0.976. The average Bonchev–Trinajstić information content (AvgIpc) is 3.02. The third-order valence-corrected chi connectivity index (χ3v) is 5.19.